The predicted molar refractivity (Wildman–Crippen MR) is 283 cm³/mol. The zero-order valence-electron chi connectivity index (χ0n) is 43.7. The first-order chi connectivity index (χ1) is 32.0. The van der Waals surface area contributed by atoms with E-state index in [0.29, 0.717) is 25.9 Å². The fourth-order valence-electron chi connectivity index (χ4n) is 8.98. The number of unbranched alkanes of at least 4 members (excludes halogenated alkanes) is 39. The molecule has 0 heterocycles. The number of allylic oxidation sites excluding steroid dienone is 4. The third-order valence-corrected chi connectivity index (χ3v) is 13.5. The Morgan fingerprint density at radius 1 is 0.415 bits per heavy atom. The number of ether oxygens (including phenoxy) is 1. The minimum absolute atomic E-state index is 0.00526. The van der Waals surface area contributed by atoms with Crippen LogP contribution in [0.15, 0.2) is 24.3 Å². The average Bonchev–Trinajstić information content (AvgIpc) is 3.31. The van der Waals surface area contributed by atoms with Gasteiger partial charge in [-0.2, -0.15) is 0 Å². The Kier molecular flexibility index (Phi) is 53.5. The van der Waals surface area contributed by atoms with Crippen LogP contribution < -0.4 is 5.32 Å². The SMILES string of the molecule is CCCCCCCCC/C=C\CCCCCCCCCC(=O)OCCCCCCCCCCCC/C=C\CCCCCCCCCC(=O)NC(CO)C(O)CCCCCCCCCCC. The van der Waals surface area contributed by atoms with Gasteiger partial charge in [0.15, 0.2) is 0 Å². The van der Waals surface area contributed by atoms with Crippen molar-refractivity contribution < 1.29 is 24.5 Å². The minimum atomic E-state index is -0.666. The Morgan fingerprint density at radius 3 is 1.09 bits per heavy atom. The summed E-state index contributed by atoms with van der Waals surface area (Å²) in [5.41, 5.74) is 0. The molecule has 0 aromatic carbocycles. The lowest BCUT2D eigenvalue weighted by Gasteiger charge is -2.22. The summed E-state index contributed by atoms with van der Waals surface area (Å²) < 4.78 is 5.49. The molecule has 0 aromatic heterocycles. The molecule has 0 bridgehead atoms. The van der Waals surface area contributed by atoms with E-state index in [4.69, 9.17) is 4.74 Å². The van der Waals surface area contributed by atoms with Gasteiger partial charge in [0.2, 0.25) is 5.91 Å². The van der Waals surface area contributed by atoms with E-state index in [1.165, 1.54) is 238 Å². The van der Waals surface area contributed by atoms with Gasteiger partial charge < -0.3 is 20.3 Å². The number of aliphatic hydroxyl groups is 2. The third-order valence-electron chi connectivity index (χ3n) is 13.5. The summed E-state index contributed by atoms with van der Waals surface area (Å²) in [6, 6.07) is -0.545. The summed E-state index contributed by atoms with van der Waals surface area (Å²) in [5, 5.41) is 23.1. The number of carbonyl (C=O) groups is 2. The molecule has 384 valence electrons. The van der Waals surface area contributed by atoms with Crippen LogP contribution in [0.1, 0.15) is 316 Å². The molecular formula is C59H113NO5. The molecule has 0 rings (SSSR count). The summed E-state index contributed by atoms with van der Waals surface area (Å²) in [6.07, 6.45) is 66.1. The van der Waals surface area contributed by atoms with Gasteiger partial charge in [-0.05, 0) is 77.0 Å². The Bertz CT molecular complexity index is 1010. The highest BCUT2D eigenvalue weighted by Gasteiger charge is 2.20. The second-order valence-electron chi connectivity index (χ2n) is 20.0. The molecule has 2 atom stereocenters. The second kappa shape index (κ2) is 54.9. The molecule has 0 aliphatic heterocycles. The van der Waals surface area contributed by atoms with Crippen LogP contribution in [-0.2, 0) is 14.3 Å². The van der Waals surface area contributed by atoms with E-state index in [0.717, 1.165) is 44.9 Å². The van der Waals surface area contributed by atoms with E-state index in [2.05, 4.69) is 43.5 Å². The van der Waals surface area contributed by atoms with Gasteiger partial charge in [0.05, 0.1) is 25.4 Å². The summed E-state index contributed by atoms with van der Waals surface area (Å²) >= 11 is 0. The zero-order valence-corrected chi connectivity index (χ0v) is 43.7. The smallest absolute Gasteiger partial charge is 0.305 e. The molecule has 65 heavy (non-hydrogen) atoms. The number of rotatable bonds is 54. The second-order valence-corrected chi connectivity index (χ2v) is 20.0. The van der Waals surface area contributed by atoms with Gasteiger partial charge in [-0.25, -0.2) is 0 Å². The highest BCUT2D eigenvalue weighted by Crippen LogP contribution is 2.16. The normalized spacial score (nSPS) is 12.7. The van der Waals surface area contributed by atoms with Crippen LogP contribution in [0.2, 0.25) is 0 Å². The first-order valence-electron chi connectivity index (χ1n) is 29.1. The molecule has 1 amide bonds. The third kappa shape index (κ3) is 51.6. The Labute approximate surface area is 405 Å². The molecule has 0 spiro atoms. The van der Waals surface area contributed by atoms with E-state index < -0.39 is 12.1 Å². The maximum atomic E-state index is 12.4. The van der Waals surface area contributed by atoms with E-state index in [9.17, 15) is 19.8 Å². The van der Waals surface area contributed by atoms with Crippen molar-refractivity contribution >= 4 is 11.9 Å². The highest BCUT2D eigenvalue weighted by atomic mass is 16.5. The van der Waals surface area contributed by atoms with Gasteiger partial charge in [0.1, 0.15) is 0 Å². The van der Waals surface area contributed by atoms with E-state index in [-0.39, 0.29) is 18.5 Å². The molecule has 2 unspecified atom stereocenters. The summed E-state index contributed by atoms with van der Waals surface area (Å²) in [5.74, 6) is -0.0396. The van der Waals surface area contributed by atoms with Crippen LogP contribution in [0.3, 0.4) is 0 Å². The first-order valence-corrected chi connectivity index (χ1v) is 29.1. The Hall–Kier alpha value is -1.66. The molecule has 0 radical (unpaired) electrons. The number of carbonyl (C=O) groups excluding carboxylic acids is 2. The van der Waals surface area contributed by atoms with Gasteiger partial charge in [-0.3, -0.25) is 9.59 Å². The highest BCUT2D eigenvalue weighted by molar-refractivity contribution is 5.76. The minimum Gasteiger partial charge on any atom is -0.466 e. The molecule has 0 aromatic rings. The summed E-state index contributed by atoms with van der Waals surface area (Å²) in [4.78, 5) is 24.5. The van der Waals surface area contributed by atoms with Gasteiger partial charge in [0.25, 0.3) is 0 Å². The summed E-state index contributed by atoms with van der Waals surface area (Å²) in [6.45, 7) is 4.93. The molecular weight excluding hydrogens is 803 g/mol. The monoisotopic (exact) mass is 916 g/mol. The number of hydrogen-bond acceptors (Lipinski definition) is 5. The molecule has 0 aliphatic carbocycles. The number of esters is 1. The standard InChI is InChI=1S/C59H113NO5/c1-3-5-7-9-11-13-14-15-16-17-24-27-30-33-37-41-45-49-53-59(64)65-54-50-46-42-38-34-31-28-25-22-20-18-19-21-23-26-29-32-36-40-44-48-52-58(63)60-56(55-61)57(62)51-47-43-39-35-12-10-8-6-4-2/h16-17,19,21,56-57,61-62H,3-15,18,20,22-55H2,1-2H3,(H,60,63)/b17-16-,21-19-. The van der Waals surface area contributed by atoms with Crippen molar-refractivity contribution in [3.05, 3.63) is 24.3 Å². The van der Waals surface area contributed by atoms with Crippen molar-refractivity contribution in [2.75, 3.05) is 13.2 Å². The number of amides is 1. The quantitative estimate of drug-likeness (QED) is 0.0321. The molecule has 6 nitrogen and oxygen atoms in total. The maximum Gasteiger partial charge on any atom is 0.305 e. The number of nitrogens with one attached hydrogen (secondary N) is 1. The maximum absolute atomic E-state index is 12.4. The topological polar surface area (TPSA) is 95.9 Å². The van der Waals surface area contributed by atoms with Crippen LogP contribution in [0.4, 0.5) is 0 Å². The van der Waals surface area contributed by atoms with Gasteiger partial charge >= 0.3 is 5.97 Å². The van der Waals surface area contributed by atoms with Crippen molar-refractivity contribution in [3.8, 4) is 0 Å². The van der Waals surface area contributed by atoms with Crippen LogP contribution in [0.25, 0.3) is 0 Å². The van der Waals surface area contributed by atoms with Gasteiger partial charge in [0, 0.05) is 12.8 Å². The average molecular weight is 917 g/mol. The molecule has 0 saturated carbocycles. The van der Waals surface area contributed by atoms with Crippen molar-refractivity contribution in [2.45, 2.75) is 328 Å². The Morgan fingerprint density at radius 2 is 0.723 bits per heavy atom. The lowest BCUT2D eigenvalue weighted by atomic mass is 10.0. The van der Waals surface area contributed by atoms with Crippen LogP contribution in [-0.4, -0.2) is 47.4 Å². The molecule has 3 N–H and O–H groups in total. The molecule has 6 heteroatoms. The lowest BCUT2D eigenvalue weighted by Crippen LogP contribution is -2.45. The predicted octanol–water partition coefficient (Wildman–Crippen LogP) is 17.9. The van der Waals surface area contributed by atoms with Crippen LogP contribution in [0, 0.1) is 0 Å². The van der Waals surface area contributed by atoms with Crippen LogP contribution >= 0.6 is 0 Å². The van der Waals surface area contributed by atoms with Crippen molar-refractivity contribution in [1.82, 2.24) is 5.32 Å². The fourth-order valence-corrected chi connectivity index (χ4v) is 8.98. The first kappa shape index (κ1) is 63.3. The van der Waals surface area contributed by atoms with Crippen molar-refractivity contribution in [3.63, 3.8) is 0 Å². The van der Waals surface area contributed by atoms with Crippen molar-refractivity contribution in [1.29, 1.82) is 0 Å². The largest absolute Gasteiger partial charge is 0.466 e. The van der Waals surface area contributed by atoms with Gasteiger partial charge in [-0.1, -0.05) is 250 Å². The molecule has 0 saturated heterocycles. The number of hydrogen-bond donors (Lipinski definition) is 3. The van der Waals surface area contributed by atoms with E-state index >= 15 is 0 Å². The summed E-state index contributed by atoms with van der Waals surface area (Å²) in [7, 11) is 0. The molecule has 0 fully saturated rings. The zero-order chi connectivity index (χ0) is 47.2. The van der Waals surface area contributed by atoms with Crippen LogP contribution in [0.5, 0.6) is 0 Å². The number of aliphatic hydroxyl groups excluding tert-OH is 2. The van der Waals surface area contributed by atoms with E-state index in [1.54, 1.807) is 0 Å². The lowest BCUT2D eigenvalue weighted by molar-refractivity contribution is -0.143. The van der Waals surface area contributed by atoms with Gasteiger partial charge in [-0.15, -0.1) is 0 Å². The fraction of sp³-hybridized carbons (Fsp3) is 0.898. The Balaban J connectivity index is 3.38. The van der Waals surface area contributed by atoms with E-state index in [1.807, 2.05) is 0 Å². The van der Waals surface area contributed by atoms with Crippen molar-refractivity contribution in [2.24, 2.45) is 0 Å². The molecule has 0 aliphatic rings.